The van der Waals surface area contributed by atoms with Crippen LogP contribution in [-0.2, 0) is 4.74 Å². The van der Waals surface area contributed by atoms with Crippen molar-refractivity contribution in [3.05, 3.63) is 21.7 Å². The first kappa shape index (κ1) is 17.2. The third-order valence-corrected chi connectivity index (χ3v) is 4.54. The summed E-state index contributed by atoms with van der Waals surface area (Å²) in [6.07, 6.45) is 0.531. The quantitative estimate of drug-likeness (QED) is 0.642. The molecule has 9 heteroatoms. The average Bonchev–Trinajstić information content (AvgIpc) is 3.04. The van der Waals surface area contributed by atoms with E-state index in [0.29, 0.717) is 24.5 Å². The van der Waals surface area contributed by atoms with Crippen molar-refractivity contribution in [3.63, 3.8) is 0 Å². The maximum atomic E-state index is 12.3. The molecule has 0 aliphatic carbocycles. The zero-order valence-electron chi connectivity index (χ0n) is 14.9. The number of nitrogens with two attached hydrogens (primary N) is 1. The minimum atomic E-state index is -0.524. The van der Waals surface area contributed by atoms with Crippen LogP contribution in [0.2, 0.25) is 0 Å². The van der Waals surface area contributed by atoms with Crippen LogP contribution in [0.4, 0.5) is 22.1 Å². The van der Waals surface area contributed by atoms with Gasteiger partial charge in [0.1, 0.15) is 11.4 Å². The Hall–Kier alpha value is -2.58. The second-order valence-corrected chi connectivity index (χ2v) is 7.62. The smallest absolute Gasteiger partial charge is 0.410 e. The first-order chi connectivity index (χ1) is 11.6. The maximum absolute atomic E-state index is 12.3. The van der Waals surface area contributed by atoms with Crippen molar-refractivity contribution in [3.8, 4) is 0 Å². The van der Waals surface area contributed by atoms with Crippen LogP contribution < -0.4 is 10.6 Å². The van der Waals surface area contributed by atoms with Crippen molar-refractivity contribution in [2.75, 3.05) is 23.7 Å². The molecule has 2 aliphatic heterocycles. The first-order valence-electron chi connectivity index (χ1n) is 8.24. The molecule has 2 N–H and O–H groups in total. The Kier molecular flexibility index (Phi) is 3.97. The number of likely N-dealkylation sites (tertiary alicyclic amines) is 1. The molecule has 0 radical (unpaired) electrons. The molecule has 2 atom stereocenters. The van der Waals surface area contributed by atoms with Gasteiger partial charge < -0.3 is 20.3 Å². The molecular weight excluding hydrogens is 326 g/mol. The van der Waals surface area contributed by atoms with Gasteiger partial charge in [0.2, 0.25) is 5.82 Å². The fourth-order valence-electron chi connectivity index (χ4n) is 3.55. The van der Waals surface area contributed by atoms with Gasteiger partial charge in [-0.1, -0.05) is 0 Å². The maximum Gasteiger partial charge on any atom is 0.410 e. The SMILES string of the molecule is Cc1cc(N2C[C@@H]3C[C@H]2CN3C(=O)OC(C)(C)C)nc(N)c1[N+](=O)[O-]. The molecule has 2 bridgehead atoms. The lowest BCUT2D eigenvalue weighted by Gasteiger charge is -2.35. The zero-order valence-corrected chi connectivity index (χ0v) is 14.9. The number of piperazine rings is 1. The summed E-state index contributed by atoms with van der Waals surface area (Å²) in [4.78, 5) is 30.9. The van der Waals surface area contributed by atoms with E-state index < -0.39 is 10.5 Å². The Morgan fingerprint density at radius 1 is 1.40 bits per heavy atom. The molecule has 1 aromatic heterocycles. The van der Waals surface area contributed by atoms with Crippen LogP contribution in [0.1, 0.15) is 32.8 Å². The monoisotopic (exact) mass is 349 g/mol. The van der Waals surface area contributed by atoms with Crippen molar-refractivity contribution in [1.82, 2.24) is 9.88 Å². The van der Waals surface area contributed by atoms with E-state index in [-0.39, 0.29) is 29.7 Å². The van der Waals surface area contributed by atoms with Crippen LogP contribution >= 0.6 is 0 Å². The second kappa shape index (κ2) is 5.75. The van der Waals surface area contributed by atoms with Gasteiger partial charge in [-0.3, -0.25) is 10.1 Å². The number of hydrogen-bond acceptors (Lipinski definition) is 7. The van der Waals surface area contributed by atoms with Crippen LogP contribution in [0.15, 0.2) is 6.07 Å². The number of anilines is 2. The van der Waals surface area contributed by atoms with E-state index in [9.17, 15) is 14.9 Å². The van der Waals surface area contributed by atoms with Gasteiger partial charge in [-0.2, -0.15) is 0 Å². The Morgan fingerprint density at radius 3 is 2.56 bits per heavy atom. The number of rotatable bonds is 2. The third-order valence-electron chi connectivity index (χ3n) is 4.54. The summed E-state index contributed by atoms with van der Waals surface area (Å²) in [5.41, 5.74) is 5.58. The topological polar surface area (TPSA) is 115 Å². The normalized spacial score (nSPS) is 22.4. The van der Waals surface area contributed by atoms with Gasteiger partial charge in [0.25, 0.3) is 0 Å². The lowest BCUT2D eigenvalue weighted by molar-refractivity contribution is -0.384. The molecule has 136 valence electrons. The molecule has 3 rings (SSSR count). The molecular formula is C16H23N5O4. The van der Waals surface area contributed by atoms with Crippen LogP contribution in [0, 0.1) is 17.0 Å². The number of ether oxygens (including phenoxy) is 1. The average molecular weight is 349 g/mol. The fourth-order valence-corrected chi connectivity index (χ4v) is 3.55. The van der Waals surface area contributed by atoms with Gasteiger partial charge >= 0.3 is 11.8 Å². The number of carbonyl (C=O) groups is 1. The predicted molar refractivity (Wildman–Crippen MR) is 92.5 cm³/mol. The highest BCUT2D eigenvalue weighted by Gasteiger charge is 2.47. The van der Waals surface area contributed by atoms with Crippen molar-refractivity contribution >= 4 is 23.4 Å². The predicted octanol–water partition coefficient (Wildman–Crippen LogP) is 2.08. The highest BCUT2D eigenvalue weighted by molar-refractivity contribution is 5.70. The lowest BCUT2D eigenvalue weighted by Crippen LogP contribution is -2.50. The van der Waals surface area contributed by atoms with Gasteiger partial charge in [-0.15, -0.1) is 0 Å². The molecule has 0 saturated carbocycles. The number of amides is 1. The van der Waals surface area contributed by atoms with Crippen molar-refractivity contribution < 1.29 is 14.5 Å². The molecule has 9 nitrogen and oxygen atoms in total. The lowest BCUT2D eigenvalue weighted by atomic mass is 10.2. The molecule has 3 heterocycles. The molecule has 25 heavy (non-hydrogen) atoms. The molecule has 0 unspecified atom stereocenters. The summed E-state index contributed by atoms with van der Waals surface area (Å²) in [5, 5.41) is 11.0. The van der Waals surface area contributed by atoms with E-state index in [4.69, 9.17) is 10.5 Å². The van der Waals surface area contributed by atoms with Crippen molar-refractivity contribution in [2.24, 2.45) is 0 Å². The Bertz CT molecular complexity index is 707. The van der Waals surface area contributed by atoms with E-state index in [0.717, 1.165) is 6.42 Å². The molecule has 1 aromatic rings. The minimum Gasteiger partial charge on any atom is -0.444 e. The Labute approximate surface area is 145 Å². The summed E-state index contributed by atoms with van der Waals surface area (Å²) < 4.78 is 5.45. The molecule has 2 fully saturated rings. The number of aryl methyl sites for hydroxylation is 1. The van der Waals surface area contributed by atoms with E-state index in [1.165, 1.54) is 0 Å². The van der Waals surface area contributed by atoms with Crippen molar-refractivity contribution in [1.29, 1.82) is 0 Å². The molecule has 0 spiro atoms. The standard InChI is InChI=1S/C16H23N5O4/c1-9-5-12(18-14(17)13(9)21(23)24)19-7-11-6-10(19)8-20(11)15(22)25-16(2,3)4/h5,10-11H,6-8H2,1-4H3,(H2,17,18)/t10-,11-/m0/s1. The summed E-state index contributed by atoms with van der Waals surface area (Å²) in [6.45, 7) is 8.36. The van der Waals surface area contributed by atoms with Gasteiger partial charge in [0.15, 0.2) is 0 Å². The number of carbonyl (C=O) groups excluding carboxylic acids is 1. The van der Waals surface area contributed by atoms with Gasteiger partial charge in [0.05, 0.1) is 17.0 Å². The Morgan fingerprint density at radius 2 is 2.08 bits per heavy atom. The zero-order chi connectivity index (χ0) is 18.5. The van der Waals surface area contributed by atoms with E-state index >= 15 is 0 Å². The third kappa shape index (κ3) is 3.18. The van der Waals surface area contributed by atoms with Crippen LogP contribution in [0.25, 0.3) is 0 Å². The summed E-state index contributed by atoms with van der Waals surface area (Å²) in [7, 11) is 0. The van der Waals surface area contributed by atoms with E-state index in [1.807, 2.05) is 20.8 Å². The summed E-state index contributed by atoms with van der Waals surface area (Å²) in [6, 6.07) is 1.86. The van der Waals surface area contributed by atoms with E-state index in [1.54, 1.807) is 17.9 Å². The van der Waals surface area contributed by atoms with E-state index in [2.05, 4.69) is 9.88 Å². The van der Waals surface area contributed by atoms with Crippen molar-refractivity contribution in [2.45, 2.75) is 51.8 Å². The highest BCUT2D eigenvalue weighted by Crippen LogP contribution is 2.37. The second-order valence-electron chi connectivity index (χ2n) is 7.62. The number of nitro groups is 1. The number of hydrogen-bond donors (Lipinski definition) is 1. The molecule has 2 saturated heterocycles. The fraction of sp³-hybridized carbons (Fsp3) is 0.625. The van der Waals surface area contributed by atoms with Crippen LogP contribution in [-0.4, -0.2) is 51.7 Å². The molecule has 1 amide bonds. The number of aromatic nitrogens is 1. The number of nitrogens with zero attached hydrogens (tertiary/aromatic N) is 4. The first-order valence-corrected chi connectivity index (χ1v) is 8.24. The number of pyridine rings is 1. The van der Waals surface area contributed by atoms with Gasteiger partial charge in [-0.05, 0) is 40.2 Å². The molecule has 2 aliphatic rings. The van der Waals surface area contributed by atoms with Crippen LogP contribution in [0.5, 0.6) is 0 Å². The Balaban J connectivity index is 1.75. The largest absolute Gasteiger partial charge is 0.444 e. The molecule has 0 aromatic carbocycles. The van der Waals surface area contributed by atoms with Crippen LogP contribution in [0.3, 0.4) is 0 Å². The van der Waals surface area contributed by atoms with Gasteiger partial charge in [-0.25, -0.2) is 9.78 Å². The summed E-state index contributed by atoms with van der Waals surface area (Å²) >= 11 is 0. The summed E-state index contributed by atoms with van der Waals surface area (Å²) in [5.74, 6) is 0.545. The number of nitrogen functional groups attached to an aromatic ring is 1. The minimum absolute atomic E-state index is 0.0540. The number of fused-ring (bicyclic) bond motifs is 2. The van der Waals surface area contributed by atoms with Gasteiger partial charge in [0, 0.05) is 18.7 Å². The highest BCUT2D eigenvalue weighted by atomic mass is 16.6.